The molecule has 0 amide bonds. The summed E-state index contributed by atoms with van der Waals surface area (Å²) in [5.74, 6) is 0.857. The van der Waals surface area contributed by atoms with Crippen molar-refractivity contribution in [2.75, 3.05) is 11.5 Å². The van der Waals surface area contributed by atoms with Gasteiger partial charge < -0.3 is 10.3 Å². The predicted molar refractivity (Wildman–Crippen MR) is 43.4 cm³/mol. The summed E-state index contributed by atoms with van der Waals surface area (Å²) in [5, 5.41) is 3.23. The average molecular weight is 172 g/mol. The summed E-state index contributed by atoms with van der Waals surface area (Å²) in [4.78, 5) is 11.1. The molecular formula is C6H8N2O2S. The lowest BCUT2D eigenvalue weighted by atomic mass is 10.4. The van der Waals surface area contributed by atoms with Crippen molar-refractivity contribution in [1.29, 1.82) is 0 Å². The number of hydrogen-bond donors (Lipinski definition) is 1. The molecule has 0 aliphatic rings. The van der Waals surface area contributed by atoms with Crippen molar-refractivity contribution in [1.82, 2.24) is 5.16 Å². The molecule has 0 saturated carbocycles. The first-order valence-electron chi connectivity index (χ1n) is 3.13. The van der Waals surface area contributed by atoms with Crippen LogP contribution < -0.4 is 5.73 Å². The van der Waals surface area contributed by atoms with Gasteiger partial charge in [-0.1, -0.05) is 23.8 Å². The van der Waals surface area contributed by atoms with Gasteiger partial charge in [0.1, 0.15) is 5.69 Å². The zero-order valence-corrected chi connectivity index (χ0v) is 6.85. The second-order valence-corrected chi connectivity index (χ2v) is 3.07. The Balaban J connectivity index is 2.76. The fourth-order valence-electron chi connectivity index (χ4n) is 0.599. The highest BCUT2D eigenvalue weighted by molar-refractivity contribution is 8.14. The Hall–Kier alpha value is -0.970. The number of nitrogens with zero attached hydrogens (tertiary/aromatic N) is 1. The van der Waals surface area contributed by atoms with Crippen molar-refractivity contribution >= 4 is 22.6 Å². The Kier molecular flexibility index (Phi) is 2.53. The number of anilines is 1. The summed E-state index contributed by atoms with van der Waals surface area (Å²) >= 11 is 1.15. The fourth-order valence-corrected chi connectivity index (χ4v) is 1.15. The van der Waals surface area contributed by atoms with Crippen molar-refractivity contribution in [3.63, 3.8) is 0 Å². The molecular weight excluding hydrogens is 164 g/mol. The zero-order valence-electron chi connectivity index (χ0n) is 6.03. The van der Waals surface area contributed by atoms with Crippen LogP contribution in [0.3, 0.4) is 0 Å². The summed E-state index contributed by atoms with van der Waals surface area (Å²) in [6.07, 6.45) is 1.32. The molecule has 0 spiro atoms. The fraction of sp³-hybridized carbons (Fsp3) is 0.333. The minimum atomic E-state index is -0.164. The predicted octanol–water partition coefficient (Wildman–Crippen LogP) is 1.15. The molecule has 4 nitrogen and oxygen atoms in total. The molecule has 0 fully saturated rings. The third-order valence-corrected chi connectivity index (χ3v) is 1.80. The van der Waals surface area contributed by atoms with Gasteiger partial charge in [-0.15, -0.1) is 0 Å². The van der Waals surface area contributed by atoms with Crippen LogP contribution in [0, 0.1) is 0 Å². The van der Waals surface area contributed by atoms with Crippen molar-refractivity contribution in [2.45, 2.75) is 6.92 Å². The standard InChI is InChI=1S/C6H8N2O2S/c1-2-11-6(9)5-4(7)3-8-10-5/h3H,2,7H2,1H3. The van der Waals surface area contributed by atoms with Crippen LogP contribution in [0.1, 0.15) is 17.5 Å². The lowest BCUT2D eigenvalue weighted by Crippen LogP contribution is -1.96. The van der Waals surface area contributed by atoms with Crippen LogP contribution in [-0.2, 0) is 0 Å². The number of rotatable bonds is 2. The maximum absolute atomic E-state index is 11.1. The Morgan fingerprint density at radius 2 is 2.64 bits per heavy atom. The first-order valence-corrected chi connectivity index (χ1v) is 4.11. The second-order valence-electron chi connectivity index (χ2n) is 1.83. The molecule has 0 bridgehead atoms. The molecule has 1 rings (SSSR count). The zero-order chi connectivity index (χ0) is 8.27. The van der Waals surface area contributed by atoms with Gasteiger partial charge in [0.25, 0.3) is 5.12 Å². The van der Waals surface area contributed by atoms with Gasteiger partial charge in [0.05, 0.1) is 6.20 Å². The highest BCUT2D eigenvalue weighted by atomic mass is 32.2. The van der Waals surface area contributed by atoms with E-state index >= 15 is 0 Å². The molecule has 1 heterocycles. The molecule has 0 aromatic carbocycles. The van der Waals surface area contributed by atoms with Crippen LogP contribution in [0.4, 0.5) is 5.69 Å². The van der Waals surface area contributed by atoms with E-state index < -0.39 is 0 Å². The Labute approximate surface area is 68.1 Å². The van der Waals surface area contributed by atoms with Gasteiger partial charge in [0, 0.05) is 0 Å². The van der Waals surface area contributed by atoms with Crippen molar-refractivity contribution < 1.29 is 9.32 Å². The Morgan fingerprint density at radius 3 is 3.09 bits per heavy atom. The number of carbonyl (C=O) groups is 1. The summed E-state index contributed by atoms with van der Waals surface area (Å²) in [6, 6.07) is 0. The van der Waals surface area contributed by atoms with Crippen molar-refractivity contribution in [2.24, 2.45) is 0 Å². The summed E-state index contributed by atoms with van der Waals surface area (Å²) in [5.41, 5.74) is 5.68. The van der Waals surface area contributed by atoms with Crippen LogP contribution in [0.2, 0.25) is 0 Å². The van der Waals surface area contributed by atoms with Gasteiger partial charge in [0.15, 0.2) is 0 Å². The van der Waals surface area contributed by atoms with Gasteiger partial charge in [-0.05, 0) is 5.75 Å². The molecule has 0 saturated heterocycles. The number of thioether (sulfide) groups is 1. The van der Waals surface area contributed by atoms with Gasteiger partial charge in [0.2, 0.25) is 5.76 Å². The number of aromatic nitrogens is 1. The van der Waals surface area contributed by atoms with Gasteiger partial charge in [-0.2, -0.15) is 0 Å². The van der Waals surface area contributed by atoms with Crippen LogP contribution >= 0.6 is 11.8 Å². The van der Waals surface area contributed by atoms with Crippen LogP contribution in [-0.4, -0.2) is 16.0 Å². The average Bonchev–Trinajstić information content (AvgIpc) is 2.36. The number of nitrogen functional groups attached to an aromatic ring is 1. The van der Waals surface area contributed by atoms with E-state index in [2.05, 4.69) is 9.68 Å². The summed E-state index contributed by atoms with van der Waals surface area (Å²) in [7, 11) is 0. The van der Waals surface area contributed by atoms with Crippen LogP contribution in [0.25, 0.3) is 0 Å². The molecule has 0 atom stereocenters. The molecule has 1 aromatic rings. The van der Waals surface area contributed by atoms with E-state index in [0.717, 1.165) is 11.8 Å². The SMILES string of the molecule is CCSC(=O)c1oncc1N. The molecule has 0 radical (unpaired) electrons. The molecule has 0 unspecified atom stereocenters. The minimum absolute atomic E-state index is 0.150. The maximum Gasteiger partial charge on any atom is 0.259 e. The van der Waals surface area contributed by atoms with E-state index in [-0.39, 0.29) is 10.9 Å². The largest absolute Gasteiger partial charge is 0.394 e. The monoisotopic (exact) mass is 172 g/mol. The Bertz CT molecular complexity index is 259. The third-order valence-electron chi connectivity index (χ3n) is 1.06. The second kappa shape index (κ2) is 3.43. The van der Waals surface area contributed by atoms with Gasteiger partial charge in [-0.25, -0.2) is 0 Å². The highest BCUT2D eigenvalue weighted by Crippen LogP contribution is 2.17. The lowest BCUT2D eigenvalue weighted by molar-refractivity contribution is 0.105. The topological polar surface area (TPSA) is 69.1 Å². The van der Waals surface area contributed by atoms with E-state index in [1.54, 1.807) is 0 Å². The van der Waals surface area contributed by atoms with E-state index in [0.29, 0.717) is 11.4 Å². The molecule has 0 aliphatic heterocycles. The Morgan fingerprint density at radius 1 is 1.91 bits per heavy atom. The van der Waals surface area contributed by atoms with E-state index in [1.807, 2.05) is 6.92 Å². The van der Waals surface area contributed by atoms with Gasteiger partial charge in [-0.3, -0.25) is 4.79 Å². The van der Waals surface area contributed by atoms with E-state index in [4.69, 9.17) is 5.73 Å². The molecule has 5 heteroatoms. The molecule has 60 valence electrons. The smallest absolute Gasteiger partial charge is 0.259 e. The number of hydrogen-bond acceptors (Lipinski definition) is 5. The molecule has 0 aliphatic carbocycles. The minimum Gasteiger partial charge on any atom is -0.394 e. The first kappa shape index (κ1) is 8.13. The first-order chi connectivity index (χ1) is 5.25. The third kappa shape index (κ3) is 1.74. The van der Waals surface area contributed by atoms with E-state index in [9.17, 15) is 4.79 Å². The number of carbonyl (C=O) groups excluding carboxylic acids is 1. The van der Waals surface area contributed by atoms with E-state index in [1.165, 1.54) is 6.20 Å². The summed E-state index contributed by atoms with van der Waals surface area (Å²) < 4.78 is 4.63. The summed E-state index contributed by atoms with van der Waals surface area (Å²) in [6.45, 7) is 1.88. The normalized spacial score (nSPS) is 9.91. The highest BCUT2D eigenvalue weighted by Gasteiger charge is 2.13. The van der Waals surface area contributed by atoms with Gasteiger partial charge >= 0.3 is 0 Å². The van der Waals surface area contributed by atoms with Crippen LogP contribution in [0.15, 0.2) is 10.7 Å². The lowest BCUT2D eigenvalue weighted by Gasteiger charge is -1.91. The van der Waals surface area contributed by atoms with Crippen molar-refractivity contribution in [3.05, 3.63) is 12.0 Å². The quantitative estimate of drug-likeness (QED) is 0.724. The molecule has 2 N–H and O–H groups in total. The maximum atomic E-state index is 11.1. The number of nitrogens with two attached hydrogens (primary N) is 1. The molecule has 1 aromatic heterocycles. The molecule has 11 heavy (non-hydrogen) atoms. The van der Waals surface area contributed by atoms with Crippen molar-refractivity contribution in [3.8, 4) is 0 Å². The van der Waals surface area contributed by atoms with Crippen LogP contribution in [0.5, 0.6) is 0 Å².